The van der Waals surface area contributed by atoms with Crippen molar-refractivity contribution in [2.24, 2.45) is 0 Å². The van der Waals surface area contributed by atoms with Gasteiger partial charge in [-0.2, -0.15) is 4.98 Å². The number of carboxylic acids is 1. The molecule has 3 aromatic carbocycles. The molecule has 0 radical (unpaired) electrons. The molecule has 34 heavy (non-hydrogen) atoms. The monoisotopic (exact) mass is 460 g/mol. The molecule has 0 saturated heterocycles. The summed E-state index contributed by atoms with van der Waals surface area (Å²) in [5.41, 5.74) is 3.75. The van der Waals surface area contributed by atoms with Crippen LogP contribution in [0.25, 0.3) is 11.1 Å². The molecule has 0 aliphatic rings. The van der Waals surface area contributed by atoms with E-state index >= 15 is 0 Å². The summed E-state index contributed by atoms with van der Waals surface area (Å²) in [7, 11) is 0. The smallest absolute Gasteiger partial charge is 0.344 e. The predicted octanol–water partition coefficient (Wildman–Crippen LogP) is 5.12. The number of aliphatic carboxylic acids is 1. The number of rotatable bonds is 11. The molecule has 1 aromatic heterocycles. The van der Waals surface area contributed by atoms with Crippen LogP contribution >= 0.6 is 0 Å². The predicted molar refractivity (Wildman–Crippen MR) is 131 cm³/mol. The zero-order valence-electron chi connectivity index (χ0n) is 19.3. The van der Waals surface area contributed by atoms with Crippen molar-refractivity contribution in [1.82, 2.24) is 4.98 Å². The van der Waals surface area contributed by atoms with Crippen LogP contribution in [0.5, 0.6) is 11.5 Å². The van der Waals surface area contributed by atoms with Crippen LogP contribution in [-0.2, 0) is 11.2 Å². The van der Waals surface area contributed by atoms with Crippen LogP contribution < -0.4 is 14.4 Å². The molecule has 1 unspecified atom stereocenters. The van der Waals surface area contributed by atoms with Crippen molar-refractivity contribution < 1.29 is 23.8 Å². The first-order chi connectivity index (χ1) is 16.5. The van der Waals surface area contributed by atoms with E-state index in [2.05, 4.69) is 9.88 Å². The molecule has 7 heteroatoms. The number of anilines is 1. The standard InChI is InChI=1S/C27H28N2O5/c1-19-10-12-22(13-11-19)32-17-16-29(27-28-24-8-3-4-9-25(24)34-27)15-14-21-6-5-7-23(18-21)33-20(2)26(30)31/h3-13,18,20H,14-17H2,1-2H3,(H,30,31). The molecule has 0 saturated carbocycles. The van der Waals surface area contributed by atoms with Crippen LogP contribution in [0.4, 0.5) is 6.01 Å². The third-order valence-electron chi connectivity index (χ3n) is 5.43. The van der Waals surface area contributed by atoms with Gasteiger partial charge < -0.3 is 23.9 Å². The molecular weight excluding hydrogens is 432 g/mol. The van der Waals surface area contributed by atoms with E-state index in [0.29, 0.717) is 37.9 Å². The fourth-order valence-corrected chi connectivity index (χ4v) is 3.50. The van der Waals surface area contributed by atoms with Crippen LogP contribution in [0.3, 0.4) is 0 Å². The van der Waals surface area contributed by atoms with E-state index < -0.39 is 12.1 Å². The van der Waals surface area contributed by atoms with Crippen LogP contribution in [0.15, 0.2) is 77.2 Å². The van der Waals surface area contributed by atoms with Gasteiger partial charge in [-0.3, -0.25) is 0 Å². The highest BCUT2D eigenvalue weighted by Crippen LogP contribution is 2.23. The van der Waals surface area contributed by atoms with Gasteiger partial charge in [0, 0.05) is 6.54 Å². The summed E-state index contributed by atoms with van der Waals surface area (Å²) in [6.45, 7) is 5.26. The minimum absolute atomic E-state index is 0.473. The van der Waals surface area contributed by atoms with Crippen LogP contribution in [-0.4, -0.2) is 41.9 Å². The van der Waals surface area contributed by atoms with Gasteiger partial charge in [-0.15, -0.1) is 0 Å². The lowest BCUT2D eigenvalue weighted by Crippen LogP contribution is -2.30. The third-order valence-corrected chi connectivity index (χ3v) is 5.43. The molecule has 1 N–H and O–H groups in total. The number of para-hydroxylation sites is 2. The Morgan fingerprint density at radius 2 is 1.82 bits per heavy atom. The molecule has 0 bridgehead atoms. The first-order valence-corrected chi connectivity index (χ1v) is 11.3. The maximum absolute atomic E-state index is 11.1. The molecule has 4 aromatic rings. The lowest BCUT2D eigenvalue weighted by Gasteiger charge is -2.21. The fraction of sp³-hybridized carbons (Fsp3) is 0.259. The Bertz CT molecular complexity index is 1200. The van der Waals surface area contributed by atoms with E-state index in [0.717, 1.165) is 22.4 Å². The number of carboxylic acid groups (broad SMARTS) is 1. The average molecular weight is 461 g/mol. The zero-order valence-corrected chi connectivity index (χ0v) is 19.3. The lowest BCUT2D eigenvalue weighted by molar-refractivity contribution is -0.144. The van der Waals surface area contributed by atoms with E-state index in [1.54, 1.807) is 6.07 Å². The summed E-state index contributed by atoms with van der Waals surface area (Å²) in [4.78, 5) is 17.8. The minimum atomic E-state index is -0.999. The number of benzene rings is 3. The Balaban J connectivity index is 1.45. The van der Waals surface area contributed by atoms with Gasteiger partial charge in [0.25, 0.3) is 6.01 Å². The van der Waals surface area contributed by atoms with Crippen molar-refractivity contribution >= 4 is 23.1 Å². The Labute approximate surface area is 198 Å². The summed E-state index contributed by atoms with van der Waals surface area (Å²) in [6.07, 6.45) is -0.215. The highest BCUT2D eigenvalue weighted by Gasteiger charge is 2.16. The molecule has 176 valence electrons. The highest BCUT2D eigenvalue weighted by atomic mass is 16.5. The van der Waals surface area contributed by atoms with E-state index in [4.69, 9.17) is 19.0 Å². The van der Waals surface area contributed by atoms with E-state index in [-0.39, 0.29) is 0 Å². The minimum Gasteiger partial charge on any atom is -0.492 e. The van der Waals surface area contributed by atoms with Crippen molar-refractivity contribution in [2.75, 3.05) is 24.6 Å². The normalized spacial score (nSPS) is 11.8. The first-order valence-electron chi connectivity index (χ1n) is 11.3. The molecule has 4 rings (SSSR count). The number of aryl methyl sites for hydroxylation is 1. The van der Waals surface area contributed by atoms with Crippen molar-refractivity contribution in [3.05, 3.63) is 83.9 Å². The van der Waals surface area contributed by atoms with Gasteiger partial charge in [0.2, 0.25) is 0 Å². The molecule has 1 atom stereocenters. The zero-order chi connectivity index (χ0) is 23.9. The summed E-state index contributed by atoms with van der Waals surface area (Å²) in [5, 5.41) is 9.09. The van der Waals surface area contributed by atoms with Crippen molar-refractivity contribution in [3.63, 3.8) is 0 Å². The molecule has 1 heterocycles. The number of fused-ring (bicyclic) bond motifs is 1. The van der Waals surface area contributed by atoms with Crippen molar-refractivity contribution in [2.45, 2.75) is 26.4 Å². The molecule has 0 amide bonds. The third kappa shape index (κ3) is 6.07. The Morgan fingerprint density at radius 3 is 2.59 bits per heavy atom. The number of carbonyl (C=O) groups is 1. The topological polar surface area (TPSA) is 85.0 Å². The first kappa shape index (κ1) is 23.2. The van der Waals surface area contributed by atoms with Gasteiger partial charge in [0.15, 0.2) is 11.7 Å². The maximum atomic E-state index is 11.1. The number of oxazole rings is 1. The summed E-state index contributed by atoms with van der Waals surface area (Å²) in [6, 6.07) is 23.7. The van der Waals surface area contributed by atoms with Gasteiger partial charge in [-0.05, 0) is 62.2 Å². The molecule has 0 spiro atoms. The molecule has 0 aliphatic heterocycles. The van der Waals surface area contributed by atoms with Gasteiger partial charge in [-0.25, -0.2) is 4.79 Å². The van der Waals surface area contributed by atoms with Crippen molar-refractivity contribution in [1.29, 1.82) is 0 Å². The van der Waals surface area contributed by atoms with Crippen molar-refractivity contribution in [3.8, 4) is 11.5 Å². The molecule has 0 fully saturated rings. The number of hydrogen-bond donors (Lipinski definition) is 1. The van der Waals surface area contributed by atoms with Gasteiger partial charge in [0.1, 0.15) is 23.6 Å². The van der Waals surface area contributed by atoms with E-state index in [9.17, 15) is 4.79 Å². The molecular formula is C27H28N2O5. The Kier molecular flexibility index (Phi) is 7.32. The van der Waals surface area contributed by atoms with E-state index in [1.807, 2.05) is 73.7 Å². The summed E-state index contributed by atoms with van der Waals surface area (Å²) < 4.78 is 17.5. The van der Waals surface area contributed by atoms with Gasteiger partial charge in [0.05, 0.1) is 6.54 Å². The average Bonchev–Trinajstić information content (AvgIpc) is 3.27. The number of hydrogen-bond acceptors (Lipinski definition) is 6. The second-order valence-corrected chi connectivity index (χ2v) is 8.11. The fourth-order valence-electron chi connectivity index (χ4n) is 3.50. The molecule has 0 aliphatic carbocycles. The Hall–Kier alpha value is -4.00. The van der Waals surface area contributed by atoms with Crippen LogP contribution in [0, 0.1) is 6.92 Å². The number of ether oxygens (including phenoxy) is 2. The lowest BCUT2D eigenvalue weighted by atomic mass is 10.1. The number of aromatic nitrogens is 1. The SMILES string of the molecule is Cc1ccc(OCCN(CCc2cccc(OC(C)C(=O)O)c2)c2nc3ccccc3o2)cc1. The quantitative estimate of drug-likeness (QED) is 0.333. The summed E-state index contributed by atoms with van der Waals surface area (Å²) in [5.74, 6) is 0.352. The van der Waals surface area contributed by atoms with Crippen LogP contribution in [0.2, 0.25) is 0 Å². The maximum Gasteiger partial charge on any atom is 0.344 e. The van der Waals surface area contributed by atoms with Gasteiger partial charge >= 0.3 is 5.97 Å². The second-order valence-electron chi connectivity index (χ2n) is 8.11. The second kappa shape index (κ2) is 10.7. The van der Waals surface area contributed by atoms with Crippen LogP contribution in [0.1, 0.15) is 18.1 Å². The summed E-state index contributed by atoms with van der Waals surface area (Å²) >= 11 is 0. The Morgan fingerprint density at radius 1 is 1.03 bits per heavy atom. The molecule has 7 nitrogen and oxygen atoms in total. The number of nitrogens with zero attached hydrogens (tertiary/aromatic N) is 2. The highest BCUT2D eigenvalue weighted by molar-refractivity contribution is 5.74. The van der Waals surface area contributed by atoms with Gasteiger partial charge in [-0.1, -0.05) is 42.0 Å². The largest absolute Gasteiger partial charge is 0.492 e. The van der Waals surface area contributed by atoms with E-state index in [1.165, 1.54) is 12.5 Å².